The van der Waals surface area contributed by atoms with Crippen LogP contribution in [-0.2, 0) is 10.0 Å². The van der Waals surface area contributed by atoms with Crippen molar-refractivity contribution < 1.29 is 22.7 Å². The van der Waals surface area contributed by atoms with Gasteiger partial charge >= 0.3 is 5.97 Å². The van der Waals surface area contributed by atoms with Crippen molar-refractivity contribution in [2.24, 2.45) is 5.92 Å². The van der Waals surface area contributed by atoms with Gasteiger partial charge in [-0.2, -0.15) is 4.31 Å². The fourth-order valence-electron chi connectivity index (χ4n) is 3.14. The molecule has 0 amide bonds. The molecule has 1 saturated heterocycles. The minimum Gasteiger partial charge on any atom is -0.478 e. The summed E-state index contributed by atoms with van der Waals surface area (Å²) >= 11 is 0. The number of carboxylic acid groups (broad SMARTS) is 1. The van der Waals surface area contributed by atoms with Gasteiger partial charge in [-0.1, -0.05) is 0 Å². The van der Waals surface area contributed by atoms with Gasteiger partial charge < -0.3 is 5.11 Å². The largest absolute Gasteiger partial charge is 0.478 e. The Balaban J connectivity index is 1.98. The Morgan fingerprint density at radius 2 is 2.10 bits per heavy atom. The van der Waals surface area contributed by atoms with E-state index >= 15 is 0 Å². The number of piperidine rings is 1. The number of halogens is 1. The summed E-state index contributed by atoms with van der Waals surface area (Å²) < 4.78 is 40.2. The Bertz CT molecular complexity index is 673. The number of carbonyl (C=O) groups is 1. The van der Waals surface area contributed by atoms with Gasteiger partial charge in [0.15, 0.2) is 0 Å². The number of benzene rings is 1. The van der Waals surface area contributed by atoms with Gasteiger partial charge in [0.05, 0.1) is 5.56 Å². The summed E-state index contributed by atoms with van der Waals surface area (Å²) in [6.45, 7) is 0.438. The van der Waals surface area contributed by atoms with Crippen molar-refractivity contribution >= 4 is 16.0 Å². The lowest BCUT2D eigenvalue weighted by atomic mass is 10.1. The molecule has 1 N–H and O–H groups in total. The fraction of sp³-hybridized carbons (Fsp3) is 0.462. The molecule has 1 aliphatic carbocycles. The zero-order valence-corrected chi connectivity index (χ0v) is 11.4. The lowest BCUT2D eigenvalue weighted by Gasteiger charge is -2.26. The minimum absolute atomic E-state index is 0.0384. The van der Waals surface area contributed by atoms with E-state index in [-0.39, 0.29) is 11.6 Å². The summed E-state index contributed by atoms with van der Waals surface area (Å²) in [5, 5.41) is 8.77. The van der Waals surface area contributed by atoms with Crippen LogP contribution in [0, 0.1) is 11.7 Å². The molecule has 1 heterocycles. The molecule has 1 aliphatic heterocycles. The van der Waals surface area contributed by atoms with Crippen LogP contribution in [-0.4, -0.2) is 36.4 Å². The van der Waals surface area contributed by atoms with Gasteiger partial charge in [-0.15, -0.1) is 0 Å². The van der Waals surface area contributed by atoms with E-state index in [1.807, 2.05) is 0 Å². The maximum Gasteiger partial charge on any atom is 0.335 e. The number of nitrogens with zero attached hydrogens (tertiary/aromatic N) is 1. The first kappa shape index (κ1) is 13.5. The molecule has 7 heteroatoms. The molecule has 2 aliphatic rings. The van der Waals surface area contributed by atoms with Gasteiger partial charge in [0, 0.05) is 12.6 Å². The molecule has 0 radical (unpaired) electrons. The van der Waals surface area contributed by atoms with Gasteiger partial charge in [-0.25, -0.2) is 17.6 Å². The molecule has 2 bridgehead atoms. The Morgan fingerprint density at radius 3 is 2.60 bits per heavy atom. The summed E-state index contributed by atoms with van der Waals surface area (Å²) in [6, 6.07) is 2.87. The molecular weight excluding hydrogens is 285 g/mol. The molecule has 20 heavy (non-hydrogen) atoms. The lowest BCUT2D eigenvalue weighted by Crippen LogP contribution is -2.38. The first-order valence-electron chi connectivity index (χ1n) is 6.44. The van der Waals surface area contributed by atoms with Gasteiger partial charge in [0.1, 0.15) is 10.7 Å². The van der Waals surface area contributed by atoms with Gasteiger partial charge in [0.2, 0.25) is 10.0 Å². The van der Waals surface area contributed by atoms with Crippen LogP contribution >= 0.6 is 0 Å². The van der Waals surface area contributed by atoms with Gasteiger partial charge in [0.25, 0.3) is 0 Å². The number of hydrogen-bond acceptors (Lipinski definition) is 3. The van der Waals surface area contributed by atoms with Crippen molar-refractivity contribution in [2.75, 3.05) is 6.54 Å². The second-order valence-corrected chi connectivity index (χ2v) is 7.22. The first-order chi connectivity index (χ1) is 9.39. The molecule has 0 spiro atoms. The average molecular weight is 299 g/mol. The number of aromatic carboxylic acids is 1. The number of sulfonamides is 1. The van der Waals surface area contributed by atoms with Gasteiger partial charge in [-0.3, -0.25) is 0 Å². The zero-order valence-electron chi connectivity index (χ0n) is 10.6. The second kappa shape index (κ2) is 4.53. The number of fused-ring (bicyclic) bond motifs is 2. The third-order valence-corrected chi connectivity index (χ3v) is 6.08. The molecular formula is C13H14FNO4S. The van der Waals surface area contributed by atoms with Crippen molar-refractivity contribution in [3.05, 3.63) is 29.6 Å². The molecule has 1 aromatic carbocycles. The number of rotatable bonds is 3. The Labute approximate surface area is 116 Å². The van der Waals surface area contributed by atoms with Crippen LogP contribution < -0.4 is 0 Å². The van der Waals surface area contributed by atoms with E-state index in [0.29, 0.717) is 12.5 Å². The average Bonchev–Trinajstić information content (AvgIpc) is 3.00. The van der Waals surface area contributed by atoms with Crippen LogP contribution in [0.25, 0.3) is 0 Å². The molecule has 0 aromatic heterocycles. The van der Waals surface area contributed by atoms with Crippen molar-refractivity contribution in [3.8, 4) is 0 Å². The second-order valence-electron chi connectivity index (χ2n) is 5.36. The van der Waals surface area contributed by atoms with Crippen LogP contribution in [0.2, 0.25) is 0 Å². The summed E-state index contributed by atoms with van der Waals surface area (Å²) in [4.78, 5) is 10.3. The van der Waals surface area contributed by atoms with Crippen molar-refractivity contribution in [1.82, 2.24) is 4.31 Å². The van der Waals surface area contributed by atoms with E-state index in [2.05, 4.69) is 0 Å². The van der Waals surface area contributed by atoms with Crippen molar-refractivity contribution in [3.63, 3.8) is 0 Å². The molecule has 2 atom stereocenters. The number of hydrogen-bond donors (Lipinski definition) is 1. The first-order valence-corrected chi connectivity index (χ1v) is 7.88. The lowest BCUT2D eigenvalue weighted by molar-refractivity contribution is 0.0696. The SMILES string of the molecule is O=C(O)c1ccc(S(=O)(=O)N2CC3CCC2C3)c(F)c1. The number of carboxylic acids is 1. The van der Waals surface area contributed by atoms with E-state index in [1.54, 1.807) is 0 Å². The Hall–Kier alpha value is -1.47. The Kier molecular flexibility index (Phi) is 3.06. The van der Waals surface area contributed by atoms with E-state index in [1.165, 1.54) is 4.31 Å². The molecule has 108 valence electrons. The predicted molar refractivity (Wildman–Crippen MR) is 68.4 cm³/mol. The molecule has 2 unspecified atom stereocenters. The van der Waals surface area contributed by atoms with Crippen LogP contribution in [0.1, 0.15) is 29.6 Å². The highest BCUT2D eigenvalue weighted by molar-refractivity contribution is 7.89. The van der Waals surface area contributed by atoms with E-state index < -0.39 is 26.7 Å². The quantitative estimate of drug-likeness (QED) is 0.921. The minimum atomic E-state index is -3.88. The van der Waals surface area contributed by atoms with Crippen molar-refractivity contribution in [1.29, 1.82) is 0 Å². The highest BCUT2D eigenvalue weighted by atomic mass is 32.2. The third kappa shape index (κ3) is 2.01. The van der Waals surface area contributed by atoms with E-state index in [9.17, 15) is 17.6 Å². The van der Waals surface area contributed by atoms with Crippen LogP contribution in [0.4, 0.5) is 4.39 Å². The van der Waals surface area contributed by atoms with Crippen molar-refractivity contribution in [2.45, 2.75) is 30.2 Å². The monoisotopic (exact) mass is 299 g/mol. The van der Waals surface area contributed by atoms with E-state index in [0.717, 1.165) is 37.5 Å². The molecule has 1 saturated carbocycles. The molecule has 3 rings (SSSR count). The third-order valence-electron chi connectivity index (χ3n) is 4.12. The summed E-state index contributed by atoms with van der Waals surface area (Å²) in [6.07, 6.45) is 2.68. The standard InChI is InChI=1S/C13H14FNO4S/c14-11-6-9(13(16)17)2-4-12(11)20(18,19)15-7-8-1-3-10(15)5-8/h2,4,6,8,10H,1,3,5,7H2,(H,16,17). The highest BCUT2D eigenvalue weighted by Gasteiger charge is 2.44. The maximum atomic E-state index is 13.9. The predicted octanol–water partition coefficient (Wildman–Crippen LogP) is 1.70. The normalized spacial score (nSPS) is 26.1. The summed E-state index contributed by atoms with van der Waals surface area (Å²) in [5.41, 5.74) is -0.260. The van der Waals surface area contributed by atoms with E-state index in [4.69, 9.17) is 5.11 Å². The molecule has 1 aromatic rings. The topological polar surface area (TPSA) is 74.7 Å². The highest BCUT2D eigenvalue weighted by Crippen LogP contribution is 2.40. The van der Waals surface area contributed by atoms with Crippen LogP contribution in [0.5, 0.6) is 0 Å². The Morgan fingerprint density at radius 1 is 1.35 bits per heavy atom. The fourth-order valence-corrected chi connectivity index (χ4v) is 4.93. The molecule has 5 nitrogen and oxygen atoms in total. The van der Waals surface area contributed by atoms with Gasteiger partial charge in [-0.05, 0) is 43.4 Å². The summed E-state index contributed by atoms with van der Waals surface area (Å²) in [7, 11) is -3.88. The maximum absolute atomic E-state index is 13.9. The zero-order chi connectivity index (χ0) is 14.5. The van der Waals surface area contributed by atoms with Crippen LogP contribution in [0.3, 0.4) is 0 Å². The smallest absolute Gasteiger partial charge is 0.335 e. The van der Waals surface area contributed by atoms with Crippen LogP contribution in [0.15, 0.2) is 23.1 Å². The molecule has 2 fully saturated rings. The summed E-state index contributed by atoms with van der Waals surface area (Å²) in [5.74, 6) is -1.92.